The Morgan fingerprint density at radius 2 is 1.93 bits per heavy atom. The SMILES string of the molecule is CCNC(=NCc1ccc(O)cc1)NCCc1c[nH]c2cc(F)ccc12.I. The Bertz CT molecular complexity index is 893. The monoisotopic (exact) mass is 482 g/mol. The number of rotatable bonds is 6. The zero-order valence-electron chi connectivity index (χ0n) is 15.1. The van der Waals surface area contributed by atoms with Gasteiger partial charge in [-0.1, -0.05) is 12.1 Å². The van der Waals surface area contributed by atoms with Crippen LogP contribution < -0.4 is 10.6 Å². The van der Waals surface area contributed by atoms with Crippen LogP contribution in [0.5, 0.6) is 5.75 Å². The van der Waals surface area contributed by atoms with E-state index in [2.05, 4.69) is 20.6 Å². The normalized spacial score (nSPS) is 11.3. The van der Waals surface area contributed by atoms with E-state index in [0.29, 0.717) is 13.1 Å². The van der Waals surface area contributed by atoms with Crippen molar-refractivity contribution in [2.24, 2.45) is 4.99 Å². The number of aliphatic imine (C=N–C) groups is 1. The molecule has 27 heavy (non-hydrogen) atoms. The highest BCUT2D eigenvalue weighted by Gasteiger charge is 2.05. The van der Waals surface area contributed by atoms with E-state index >= 15 is 0 Å². The first-order chi connectivity index (χ1) is 12.7. The number of H-pyrrole nitrogens is 1. The van der Waals surface area contributed by atoms with Crippen molar-refractivity contribution in [2.45, 2.75) is 19.9 Å². The average molecular weight is 482 g/mol. The Morgan fingerprint density at radius 3 is 2.67 bits per heavy atom. The quantitative estimate of drug-likeness (QED) is 0.245. The molecule has 7 heteroatoms. The minimum Gasteiger partial charge on any atom is -0.508 e. The Morgan fingerprint density at radius 1 is 1.15 bits per heavy atom. The van der Waals surface area contributed by atoms with Gasteiger partial charge in [-0.2, -0.15) is 0 Å². The smallest absolute Gasteiger partial charge is 0.191 e. The molecule has 0 aliphatic heterocycles. The van der Waals surface area contributed by atoms with Crippen LogP contribution in [0.4, 0.5) is 4.39 Å². The Hall–Kier alpha value is -2.29. The maximum absolute atomic E-state index is 13.3. The van der Waals surface area contributed by atoms with Crippen molar-refractivity contribution < 1.29 is 9.50 Å². The second kappa shape index (κ2) is 10.1. The van der Waals surface area contributed by atoms with Crippen molar-refractivity contribution in [1.29, 1.82) is 0 Å². The van der Waals surface area contributed by atoms with Gasteiger partial charge in [-0.05, 0) is 54.8 Å². The third-order valence-electron chi connectivity index (χ3n) is 4.12. The summed E-state index contributed by atoms with van der Waals surface area (Å²) in [4.78, 5) is 7.67. The highest BCUT2D eigenvalue weighted by molar-refractivity contribution is 14.0. The van der Waals surface area contributed by atoms with E-state index in [1.807, 2.05) is 25.3 Å². The molecular formula is C20H24FIN4O. The molecule has 0 aliphatic carbocycles. The molecular weight excluding hydrogens is 458 g/mol. The summed E-state index contributed by atoms with van der Waals surface area (Å²) in [5.41, 5.74) is 2.98. The summed E-state index contributed by atoms with van der Waals surface area (Å²) in [6.07, 6.45) is 2.72. The maximum atomic E-state index is 13.3. The number of hydrogen-bond donors (Lipinski definition) is 4. The van der Waals surface area contributed by atoms with Gasteiger partial charge >= 0.3 is 0 Å². The fourth-order valence-electron chi connectivity index (χ4n) is 2.79. The number of phenols is 1. The van der Waals surface area contributed by atoms with E-state index in [9.17, 15) is 9.50 Å². The molecule has 0 radical (unpaired) electrons. The predicted octanol–water partition coefficient (Wildman–Crippen LogP) is 3.93. The van der Waals surface area contributed by atoms with Crippen LogP contribution in [-0.4, -0.2) is 29.1 Å². The van der Waals surface area contributed by atoms with Crippen LogP contribution in [0.3, 0.4) is 0 Å². The van der Waals surface area contributed by atoms with Crippen molar-refractivity contribution >= 4 is 40.8 Å². The van der Waals surface area contributed by atoms with Gasteiger partial charge in [0.2, 0.25) is 0 Å². The molecule has 0 unspecified atom stereocenters. The molecule has 2 aromatic carbocycles. The lowest BCUT2D eigenvalue weighted by molar-refractivity contribution is 0.475. The van der Waals surface area contributed by atoms with Crippen molar-refractivity contribution in [3.63, 3.8) is 0 Å². The van der Waals surface area contributed by atoms with Gasteiger partial charge in [0.15, 0.2) is 5.96 Å². The summed E-state index contributed by atoms with van der Waals surface area (Å²) < 4.78 is 13.3. The third kappa shape index (κ3) is 5.85. The first-order valence-electron chi connectivity index (χ1n) is 8.71. The standard InChI is InChI=1S/C20H23FN4O.HI/c1-2-22-20(25-12-14-3-6-17(26)7-4-14)23-10-9-15-13-24-19-11-16(21)5-8-18(15)19;/h3-8,11,13,24,26H,2,9-10,12H2,1H3,(H2,22,23,25);1H. The van der Waals surface area contributed by atoms with Crippen LogP contribution in [0.25, 0.3) is 10.9 Å². The van der Waals surface area contributed by atoms with Gasteiger partial charge in [-0.25, -0.2) is 9.38 Å². The zero-order valence-corrected chi connectivity index (χ0v) is 17.5. The molecule has 144 valence electrons. The number of benzene rings is 2. The zero-order chi connectivity index (χ0) is 18.4. The van der Waals surface area contributed by atoms with Crippen LogP contribution in [-0.2, 0) is 13.0 Å². The molecule has 0 aliphatic rings. The van der Waals surface area contributed by atoms with Crippen LogP contribution in [0, 0.1) is 5.82 Å². The highest BCUT2D eigenvalue weighted by atomic mass is 127. The molecule has 0 saturated heterocycles. The number of hydrogen-bond acceptors (Lipinski definition) is 2. The van der Waals surface area contributed by atoms with Crippen molar-refractivity contribution in [3.05, 3.63) is 65.6 Å². The van der Waals surface area contributed by atoms with Gasteiger partial charge in [0.1, 0.15) is 11.6 Å². The average Bonchev–Trinajstić information content (AvgIpc) is 3.03. The number of phenolic OH excluding ortho intramolecular Hbond substituents is 1. The van der Waals surface area contributed by atoms with Crippen LogP contribution in [0.15, 0.2) is 53.7 Å². The number of nitrogens with one attached hydrogen (secondary N) is 3. The molecule has 3 rings (SSSR count). The third-order valence-corrected chi connectivity index (χ3v) is 4.12. The summed E-state index contributed by atoms with van der Waals surface area (Å²) in [5.74, 6) is 0.757. The molecule has 3 aromatic rings. The van der Waals surface area contributed by atoms with E-state index in [-0.39, 0.29) is 35.5 Å². The molecule has 5 nitrogen and oxygen atoms in total. The lowest BCUT2D eigenvalue weighted by atomic mass is 10.1. The molecule has 0 bridgehead atoms. The van der Waals surface area contributed by atoms with E-state index in [0.717, 1.165) is 41.0 Å². The number of guanidine groups is 1. The van der Waals surface area contributed by atoms with E-state index in [1.54, 1.807) is 18.2 Å². The number of aromatic nitrogens is 1. The topological polar surface area (TPSA) is 72.4 Å². The first-order valence-corrected chi connectivity index (χ1v) is 8.71. The van der Waals surface area contributed by atoms with E-state index in [1.165, 1.54) is 12.1 Å². The Labute approximate surface area is 175 Å². The van der Waals surface area contributed by atoms with Crippen LogP contribution in [0.1, 0.15) is 18.1 Å². The molecule has 0 amide bonds. The largest absolute Gasteiger partial charge is 0.508 e. The first kappa shape index (κ1) is 21.0. The number of fused-ring (bicyclic) bond motifs is 1. The Kier molecular flexibility index (Phi) is 7.90. The number of halogens is 2. The lowest BCUT2D eigenvalue weighted by Gasteiger charge is -2.11. The summed E-state index contributed by atoms with van der Waals surface area (Å²) in [5, 5.41) is 16.9. The van der Waals surface area contributed by atoms with Gasteiger partial charge < -0.3 is 20.7 Å². The van der Waals surface area contributed by atoms with Gasteiger partial charge in [-0.3, -0.25) is 0 Å². The number of nitrogens with zero attached hydrogens (tertiary/aromatic N) is 1. The predicted molar refractivity (Wildman–Crippen MR) is 118 cm³/mol. The fourth-order valence-corrected chi connectivity index (χ4v) is 2.79. The number of aromatic hydroxyl groups is 1. The van der Waals surface area contributed by atoms with Gasteiger partial charge in [0.05, 0.1) is 6.54 Å². The molecule has 4 N–H and O–H groups in total. The summed E-state index contributed by atoms with van der Waals surface area (Å²) >= 11 is 0. The van der Waals surface area contributed by atoms with Crippen molar-refractivity contribution in [2.75, 3.05) is 13.1 Å². The van der Waals surface area contributed by atoms with Crippen molar-refractivity contribution in [3.8, 4) is 5.75 Å². The van der Waals surface area contributed by atoms with Crippen LogP contribution in [0.2, 0.25) is 0 Å². The van der Waals surface area contributed by atoms with Gasteiger partial charge in [0.25, 0.3) is 0 Å². The molecule has 0 spiro atoms. The minimum absolute atomic E-state index is 0. The van der Waals surface area contributed by atoms with Gasteiger partial charge in [0, 0.05) is 30.2 Å². The van der Waals surface area contributed by atoms with E-state index < -0.39 is 0 Å². The van der Waals surface area contributed by atoms with E-state index in [4.69, 9.17) is 0 Å². The molecule has 1 heterocycles. The van der Waals surface area contributed by atoms with Gasteiger partial charge in [-0.15, -0.1) is 24.0 Å². The number of aromatic amines is 1. The fraction of sp³-hybridized carbons (Fsp3) is 0.250. The Balaban J connectivity index is 0.00000261. The summed E-state index contributed by atoms with van der Waals surface area (Å²) in [6.45, 7) is 4.04. The lowest BCUT2D eigenvalue weighted by Crippen LogP contribution is -2.38. The highest BCUT2D eigenvalue weighted by Crippen LogP contribution is 2.19. The molecule has 0 saturated carbocycles. The second-order valence-corrected chi connectivity index (χ2v) is 6.04. The van der Waals surface area contributed by atoms with Crippen molar-refractivity contribution in [1.82, 2.24) is 15.6 Å². The minimum atomic E-state index is -0.236. The van der Waals surface area contributed by atoms with Crippen LogP contribution >= 0.6 is 24.0 Å². The summed E-state index contributed by atoms with van der Waals surface area (Å²) in [7, 11) is 0. The maximum Gasteiger partial charge on any atom is 0.191 e. The molecule has 1 aromatic heterocycles. The summed E-state index contributed by atoms with van der Waals surface area (Å²) in [6, 6.07) is 11.8. The molecule has 0 atom stereocenters. The second-order valence-electron chi connectivity index (χ2n) is 6.04. The molecule has 0 fully saturated rings.